The van der Waals surface area contributed by atoms with E-state index in [1.807, 2.05) is 55.6 Å². The molecule has 4 rings (SSSR count). The van der Waals surface area contributed by atoms with E-state index in [-0.39, 0.29) is 22.7 Å². The summed E-state index contributed by atoms with van der Waals surface area (Å²) >= 11 is 4.49. The Morgan fingerprint density at radius 1 is 1.22 bits per heavy atom. The molecule has 2 aromatic rings. The van der Waals surface area contributed by atoms with E-state index in [9.17, 15) is 9.59 Å². The van der Waals surface area contributed by atoms with Gasteiger partial charge >= 0.3 is 0 Å². The average Bonchev–Trinajstić information content (AvgIpc) is 3.41. The molecule has 32 heavy (non-hydrogen) atoms. The van der Waals surface area contributed by atoms with Crippen LogP contribution in [0.15, 0.2) is 62.7 Å². The molecule has 2 aliphatic rings. The predicted molar refractivity (Wildman–Crippen MR) is 137 cm³/mol. The second kappa shape index (κ2) is 9.86. The number of carbonyl (C=O) groups is 2. The number of rotatable bonds is 6. The molecule has 1 aliphatic heterocycles. The van der Waals surface area contributed by atoms with Crippen molar-refractivity contribution in [2.45, 2.75) is 33.1 Å². The van der Waals surface area contributed by atoms with Gasteiger partial charge in [0, 0.05) is 21.3 Å². The minimum atomic E-state index is -0.333. The van der Waals surface area contributed by atoms with Gasteiger partial charge in [-0.1, -0.05) is 49.5 Å². The van der Waals surface area contributed by atoms with Crippen LogP contribution in [0, 0.1) is 5.92 Å². The molecule has 0 N–H and O–H groups in total. The van der Waals surface area contributed by atoms with Gasteiger partial charge in [0.2, 0.25) is 5.12 Å². The van der Waals surface area contributed by atoms with Crippen molar-refractivity contribution in [1.29, 1.82) is 0 Å². The molecule has 2 atom stereocenters. The Balaban J connectivity index is 1.78. The van der Waals surface area contributed by atoms with E-state index in [1.54, 1.807) is 30.2 Å². The molecule has 1 aliphatic carbocycles. The molecule has 2 heterocycles. The lowest BCUT2D eigenvalue weighted by Gasteiger charge is -2.29. The largest absolute Gasteiger partial charge is 0.497 e. The summed E-state index contributed by atoms with van der Waals surface area (Å²) in [5.41, 5.74) is 3.93. The highest BCUT2D eigenvalue weighted by atomic mass is 32.2. The minimum absolute atomic E-state index is 0.0787. The Hall–Kier alpha value is -2.02. The number of ether oxygens (including phenoxy) is 1. The van der Waals surface area contributed by atoms with Crippen molar-refractivity contribution in [3.05, 3.63) is 78.7 Å². The first-order chi connectivity index (χ1) is 15.5. The van der Waals surface area contributed by atoms with Crippen LogP contribution in [0.3, 0.4) is 0 Å². The van der Waals surface area contributed by atoms with Crippen LogP contribution in [0.4, 0.5) is 0 Å². The molecule has 1 aromatic heterocycles. The first-order valence-corrected chi connectivity index (χ1v) is 13.4. The van der Waals surface area contributed by atoms with Crippen molar-refractivity contribution in [2.24, 2.45) is 5.92 Å². The summed E-state index contributed by atoms with van der Waals surface area (Å²) in [6, 6.07) is 10.0. The Morgan fingerprint density at radius 3 is 2.69 bits per heavy atom. The number of carbonyl (C=O) groups excluding carboxylic acids is 2. The molecule has 1 fully saturated rings. The third-order valence-corrected chi connectivity index (χ3v) is 8.73. The highest BCUT2D eigenvalue weighted by molar-refractivity contribution is 8.14. The van der Waals surface area contributed by atoms with E-state index in [0.717, 1.165) is 49.3 Å². The average molecular weight is 483 g/mol. The van der Waals surface area contributed by atoms with Gasteiger partial charge in [-0.25, -0.2) is 0 Å². The lowest BCUT2D eigenvalue weighted by molar-refractivity contribution is -0.117. The Labute approximate surface area is 202 Å². The van der Waals surface area contributed by atoms with Gasteiger partial charge in [-0.2, -0.15) is 0 Å². The van der Waals surface area contributed by atoms with Crippen LogP contribution in [0.25, 0.3) is 6.08 Å². The predicted octanol–water partition coefficient (Wildman–Crippen LogP) is 6.87. The Morgan fingerprint density at radius 2 is 2.03 bits per heavy atom. The number of hydrogen-bond donors (Lipinski definition) is 0. The lowest BCUT2D eigenvalue weighted by atomic mass is 9.76. The van der Waals surface area contributed by atoms with Gasteiger partial charge < -0.3 is 4.74 Å². The number of ketones is 1. The SMILES string of the molecule is CCSC(=O)C1=C(C)C=C2S/C(=C/c3cc(OC)ccc3CC)C(=O)C2C1c1cccs1. The van der Waals surface area contributed by atoms with Gasteiger partial charge in [0.25, 0.3) is 0 Å². The van der Waals surface area contributed by atoms with Crippen molar-refractivity contribution in [2.75, 3.05) is 12.9 Å². The number of thioether (sulfide) groups is 2. The maximum absolute atomic E-state index is 13.7. The fraction of sp³-hybridized carbons (Fsp3) is 0.308. The highest BCUT2D eigenvalue weighted by Crippen LogP contribution is 2.55. The summed E-state index contributed by atoms with van der Waals surface area (Å²) in [6.07, 6.45) is 4.92. The van der Waals surface area contributed by atoms with Gasteiger partial charge in [0.1, 0.15) is 5.75 Å². The van der Waals surface area contributed by atoms with Crippen LogP contribution in [0.5, 0.6) is 5.75 Å². The molecule has 0 saturated carbocycles. The summed E-state index contributed by atoms with van der Waals surface area (Å²) < 4.78 is 5.41. The second-order valence-corrected chi connectivity index (χ2v) is 11.1. The van der Waals surface area contributed by atoms with Crippen molar-refractivity contribution >= 4 is 51.8 Å². The number of Topliss-reactive ketones (excluding diaryl/α,β-unsaturated/α-hetero) is 1. The van der Waals surface area contributed by atoms with Gasteiger partial charge in [-0.3, -0.25) is 9.59 Å². The molecule has 6 heteroatoms. The van der Waals surface area contributed by atoms with Crippen LogP contribution < -0.4 is 4.74 Å². The van der Waals surface area contributed by atoms with Gasteiger partial charge in [0.15, 0.2) is 5.78 Å². The van der Waals surface area contributed by atoms with Crippen molar-refractivity contribution in [1.82, 2.24) is 0 Å². The molecule has 0 amide bonds. The number of allylic oxidation sites excluding steroid dienone is 4. The molecule has 0 bridgehead atoms. The van der Waals surface area contributed by atoms with E-state index in [2.05, 4.69) is 13.0 Å². The van der Waals surface area contributed by atoms with E-state index >= 15 is 0 Å². The van der Waals surface area contributed by atoms with Crippen LogP contribution >= 0.6 is 34.9 Å². The molecule has 3 nitrogen and oxygen atoms in total. The molecule has 0 radical (unpaired) electrons. The fourth-order valence-electron chi connectivity index (χ4n) is 4.33. The van der Waals surface area contributed by atoms with Crippen molar-refractivity contribution < 1.29 is 14.3 Å². The number of fused-ring (bicyclic) bond motifs is 1. The topological polar surface area (TPSA) is 43.4 Å². The highest BCUT2D eigenvalue weighted by Gasteiger charge is 2.46. The monoisotopic (exact) mass is 482 g/mol. The zero-order chi connectivity index (χ0) is 22.8. The molecular weight excluding hydrogens is 456 g/mol. The van der Waals surface area contributed by atoms with Gasteiger partial charge in [-0.05, 0) is 71.5 Å². The molecule has 1 aromatic carbocycles. The number of methoxy groups -OCH3 is 1. The third kappa shape index (κ3) is 4.28. The maximum Gasteiger partial charge on any atom is 0.216 e. The summed E-state index contributed by atoms with van der Waals surface area (Å²) in [5.74, 6) is 1.05. The fourth-order valence-corrected chi connectivity index (χ4v) is 7.18. The second-order valence-electron chi connectivity index (χ2n) is 7.73. The number of thiophene rings is 1. The van der Waals surface area contributed by atoms with Crippen LogP contribution in [-0.2, 0) is 16.0 Å². The standard InChI is InChI=1S/C26H26O3S3/c1-5-16-9-10-18(29-4)13-17(16)14-21-25(27)24-20(32-21)12-15(3)22(26(28)30-6-2)23(24)19-8-7-11-31-19/h7-14,23-24H,5-6H2,1-4H3/b21-14+. The lowest BCUT2D eigenvalue weighted by Crippen LogP contribution is -2.26. The molecular formula is C26H26O3S3. The first kappa shape index (κ1) is 23.1. The van der Waals surface area contributed by atoms with E-state index in [0.29, 0.717) is 0 Å². The van der Waals surface area contributed by atoms with E-state index < -0.39 is 0 Å². The molecule has 1 saturated heterocycles. The number of hydrogen-bond acceptors (Lipinski definition) is 6. The summed E-state index contributed by atoms with van der Waals surface area (Å²) in [6.45, 7) is 6.09. The zero-order valence-electron chi connectivity index (χ0n) is 18.6. The maximum atomic E-state index is 13.7. The van der Waals surface area contributed by atoms with Crippen molar-refractivity contribution in [3.8, 4) is 5.75 Å². The minimum Gasteiger partial charge on any atom is -0.497 e. The molecule has 0 spiro atoms. The third-order valence-electron chi connectivity index (χ3n) is 5.85. The normalized spacial score (nSPS) is 21.7. The quantitative estimate of drug-likeness (QED) is 0.420. The summed E-state index contributed by atoms with van der Waals surface area (Å²) in [7, 11) is 1.65. The number of aryl methyl sites for hydroxylation is 1. The molecule has 2 unspecified atom stereocenters. The summed E-state index contributed by atoms with van der Waals surface area (Å²) in [5, 5.41) is 2.10. The van der Waals surface area contributed by atoms with Gasteiger partial charge in [0.05, 0.1) is 17.9 Å². The zero-order valence-corrected chi connectivity index (χ0v) is 21.1. The van der Waals surface area contributed by atoms with E-state index in [4.69, 9.17) is 4.74 Å². The number of benzene rings is 1. The first-order valence-electron chi connectivity index (χ1n) is 10.7. The molecule has 166 valence electrons. The van der Waals surface area contributed by atoms with Crippen molar-refractivity contribution in [3.63, 3.8) is 0 Å². The van der Waals surface area contributed by atoms with Crippen LogP contribution in [-0.4, -0.2) is 23.8 Å². The summed E-state index contributed by atoms with van der Waals surface area (Å²) in [4.78, 5) is 29.7. The van der Waals surface area contributed by atoms with Crippen LogP contribution in [0.2, 0.25) is 0 Å². The van der Waals surface area contributed by atoms with E-state index in [1.165, 1.54) is 17.3 Å². The Kier molecular flexibility index (Phi) is 7.13. The van der Waals surface area contributed by atoms with Gasteiger partial charge in [-0.15, -0.1) is 11.3 Å². The van der Waals surface area contributed by atoms with Crippen LogP contribution in [0.1, 0.15) is 42.7 Å². The Bertz CT molecular complexity index is 1140. The smallest absolute Gasteiger partial charge is 0.216 e.